The van der Waals surface area contributed by atoms with E-state index in [9.17, 15) is 4.79 Å². The average molecular weight is 297 g/mol. The fraction of sp³-hybridized carbons (Fsp3) is 0.833. The lowest BCUT2D eigenvalue weighted by molar-refractivity contribution is -0.121. The Morgan fingerprint density at radius 1 is 0.905 bits per heavy atom. The summed E-state index contributed by atoms with van der Waals surface area (Å²) in [5.41, 5.74) is 0. The van der Waals surface area contributed by atoms with E-state index in [0.717, 1.165) is 12.8 Å². The SMILES string of the molecule is CCCCCC/C=C\CCCCCCCC(=O)NCCO. The van der Waals surface area contributed by atoms with E-state index >= 15 is 0 Å². The molecule has 0 aliphatic rings. The Labute approximate surface area is 131 Å². The third-order valence-corrected chi connectivity index (χ3v) is 3.60. The largest absolute Gasteiger partial charge is 0.395 e. The summed E-state index contributed by atoms with van der Waals surface area (Å²) >= 11 is 0. The van der Waals surface area contributed by atoms with Gasteiger partial charge in [0.25, 0.3) is 0 Å². The number of aliphatic hydroxyl groups is 1. The fourth-order valence-corrected chi connectivity index (χ4v) is 2.29. The van der Waals surface area contributed by atoms with Gasteiger partial charge >= 0.3 is 0 Å². The van der Waals surface area contributed by atoms with E-state index in [1.54, 1.807) is 0 Å². The van der Waals surface area contributed by atoms with Crippen molar-refractivity contribution in [2.24, 2.45) is 0 Å². The van der Waals surface area contributed by atoms with Crippen LogP contribution in [0.3, 0.4) is 0 Å². The standard InChI is InChI=1S/C18H35NO2/c1-2-3-4-5-6-7-8-9-10-11-12-13-14-15-18(21)19-16-17-20/h7-8,20H,2-6,9-17H2,1H3,(H,19,21)/b8-7-. The van der Waals surface area contributed by atoms with Crippen molar-refractivity contribution in [3.63, 3.8) is 0 Å². The molecule has 0 aromatic heterocycles. The van der Waals surface area contributed by atoms with E-state index < -0.39 is 0 Å². The Hall–Kier alpha value is -0.830. The number of amides is 1. The number of hydrogen-bond donors (Lipinski definition) is 2. The summed E-state index contributed by atoms with van der Waals surface area (Å²) < 4.78 is 0. The molecular formula is C18H35NO2. The van der Waals surface area contributed by atoms with Crippen molar-refractivity contribution in [3.8, 4) is 0 Å². The van der Waals surface area contributed by atoms with Crippen LogP contribution in [0.2, 0.25) is 0 Å². The zero-order chi connectivity index (χ0) is 15.6. The van der Waals surface area contributed by atoms with Crippen LogP contribution in [0, 0.1) is 0 Å². The van der Waals surface area contributed by atoms with Crippen molar-refractivity contribution < 1.29 is 9.90 Å². The van der Waals surface area contributed by atoms with Crippen LogP contribution in [0.15, 0.2) is 12.2 Å². The summed E-state index contributed by atoms with van der Waals surface area (Å²) in [5.74, 6) is 0.0649. The first-order chi connectivity index (χ1) is 10.3. The summed E-state index contributed by atoms with van der Waals surface area (Å²) in [7, 11) is 0. The molecule has 0 rings (SSSR count). The van der Waals surface area contributed by atoms with Crippen molar-refractivity contribution in [2.75, 3.05) is 13.2 Å². The van der Waals surface area contributed by atoms with Crippen LogP contribution in [0.1, 0.15) is 84.0 Å². The minimum atomic E-state index is 0.0257. The molecule has 3 nitrogen and oxygen atoms in total. The Morgan fingerprint density at radius 2 is 1.48 bits per heavy atom. The quantitative estimate of drug-likeness (QED) is 0.349. The van der Waals surface area contributed by atoms with E-state index in [1.807, 2.05) is 0 Å². The molecular weight excluding hydrogens is 262 g/mol. The molecule has 0 saturated heterocycles. The topological polar surface area (TPSA) is 49.3 Å². The summed E-state index contributed by atoms with van der Waals surface area (Å²) in [4.78, 5) is 11.3. The number of carbonyl (C=O) groups is 1. The molecule has 0 unspecified atom stereocenters. The molecule has 3 heteroatoms. The maximum absolute atomic E-state index is 11.3. The summed E-state index contributed by atoms with van der Waals surface area (Å²) in [6, 6.07) is 0. The van der Waals surface area contributed by atoms with Gasteiger partial charge in [-0.1, -0.05) is 57.6 Å². The maximum Gasteiger partial charge on any atom is 0.220 e. The lowest BCUT2D eigenvalue weighted by Gasteiger charge is -2.03. The van der Waals surface area contributed by atoms with Gasteiger partial charge in [-0.05, 0) is 32.1 Å². The first-order valence-corrected chi connectivity index (χ1v) is 8.83. The van der Waals surface area contributed by atoms with Crippen LogP contribution in [0.4, 0.5) is 0 Å². The van der Waals surface area contributed by atoms with Crippen LogP contribution in [0.25, 0.3) is 0 Å². The molecule has 0 bridgehead atoms. The molecule has 1 amide bonds. The van der Waals surface area contributed by atoms with Gasteiger partial charge in [0.2, 0.25) is 5.91 Å². The number of rotatable bonds is 15. The number of nitrogens with one attached hydrogen (secondary N) is 1. The third kappa shape index (κ3) is 17.1. The zero-order valence-electron chi connectivity index (χ0n) is 13.9. The molecule has 0 aromatic carbocycles. The summed E-state index contributed by atoms with van der Waals surface area (Å²) in [6.07, 6.45) is 18.9. The monoisotopic (exact) mass is 297 g/mol. The molecule has 0 saturated carbocycles. The minimum absolute atomic E-state index is 0.0257. The highest BCUT2D eigenvalue weighted by atomic mass is 16.3. The van der Waals surface area contributed by atoms with Gasteiger partial charge in [0.05, 0.1) is 6.61 Å². The molecule has 0 atom stereocenters. The number of aliphatic hydroxyl groups excluding tert-OH is 1. The fourth-order valence-electron chi connectivity index (χ4n) is 2.29. The van der Waals surface area contributed by atoms with Gasteiger partial charge in [0.15, 0.2) is 0 Å². The molecule has 0 heterocycles. The predicted octanol–water partition coefficient (Wildman–Crippen LogP) is 4.35. The third-order valence-electron chi connectivity index (χ3n) is 3.60. The summed E-state index contributed by atoms with van der Waals surface area (Å²) in [6.45, 7) is 2.65. The maximum atomic E-state index is 11.3. The van der Waals surface area contributed by atoms with Crippen LogP contribution < -0.4 is 5.32 Å². The van der Waals surface area contributed by atoms with Crippen LogP contribution in [-0.2, 0) is 4.79 Å². The highest BCUT2D eigenvalue weighted by molar-refractivity contribution is 5.75. The number of carbonyl (C=O) groups excluding carboxylic acids is 1. The van der Waals surface area contributed by atoms with E-state index in [2.05, 4.69) is 24.4 Å². The van der Waals surface area contributed by atoms with Gasteiger partial charge in [-0.15, -0.1) is 0 Å². The van der Waals surface area contributed by atoms with Gasteiger partial charge in [-0.2, -0.15) is 0 Å². The molecule has 0 aromatic rings. The van der Waals surface area contributed by atoms with Gasteiger partial charge in [0, 0.05) is 13.0 Å². The zero-order valence-corrected chi connectivity index (χ0v) is 13.9. The summed E-state index contributed by atoms with van der Waals surface area (Å²) in [5, 5.41) is 11.3. The van der Waals surface area contributed by atoms with Crippen molar-refractivity contribution in [1.82, 2.24) is 5.32 Å². The Morgan fingerprint density at radius 3 is 2.10 bits per heavy atom. The van der Waals surface area contributed by atoms with Crippen molar-refractivity contribution in [1.29, 1.82) is 0 Å². The second-order valence-electron chi connectivity index (χ2n) is 5.70. The second-order valence-corrected chi connectivity index (χ2v) is 5.70. The lowest BCUT2D eigenvalue weighted by atomic mass is 10.1. The first-order valence-electron chi connectivity index (χ1n) is 8.83. The number of allylic oxidation sites excluding steroid dienone is 2. The van der Waals surface area contributed by atoms with Gasteiger partial charge < -0.3 is 10.4 Å². The highest BCUT2D eigenvalue weighted by Gasteiger charge is 1.99. The number of unbranched alkanes of at least 4 members (excludes halogenated alkanes) is 9. The molecule has 0 aliphatic heterocycles. The molecule has 0 fully saturated rings. The second kappa shape index (κ2) is 17.2. The molecule has 2 N–H and O–H groups in total. The Kier molecular flexibility index (Phi) is 16.5. The van der Waals surface area contributed by atoms with E-state index in [4.69, 9.17) is 5.11 Å². The Bertz CT molecular complexity index is 252. The van der Waals surface area contributed by atoms with Crippen molar-refractivity contribution in [3.05, 3.63) is 12.2 Å². The van der Waals surface area contributed by atoms with Gasteiger partial charge in [-0.3, -0.25) is 4.79 Å². The lowest BCUT2D eigenvalue weighted by Crippen LogP contribution is -2.25. The smallest absolute Gasteiger partial charge is 0.220 e. The molecule has 0 aliphatic carbocycles. The van der Waals surface area contributed by atoms with Crippen LogP contribution in [-0.4, -0.2) is 24.2 Å². The van der Waals surface area contributed by atoms with Crippen molar-refractivity contribution >= 4 is 5.91 Å². The average Bonchev–Trinajstić information content (AvgIpc) is 2.49. The highest BCUT2D eigenvalue weighted by Crippen LogP contribution is 2.08. The van der Waals surface area contributed by atoms with Gasteiger partial charge in [-0.25, -0.2) is 0 Å². The van der Waals surface area contributed by atoms with Gasteiger partial charge in [0.1, 0.15) is 0 Å². The van der Waals surface area contributed by atoms with E-state index in [1.165, 1.54) is 57.8 Å². The first kappa shape index (κ1) is 20.2. The van der Waals surface area contributed by atoms with E-state index in [-0.39, 0.29) is 12.5 Å². The molecule has 0 radical (unpaired) electrons. The molecule has 0 spiro atoms. The van der Waals surface area contributed by atoms with E-state index in [0.29, 0.717) is 13.0 Å². The normalized spacial score (nSPS) is 11.1. The van der Waals surface area contributed by atoms with Crippen LogP contribution >= 0.6 is 0 Å². The molecule has 124 valence electrons. The van der Waals surface area contributed by atoms with Crippen molar-refractivity contribution in [2.45, 2.75) is 84.0 Å². The molecule has 21 heavy (non-hydrogen) atoms. The van der Waals surface area contributed by atoms with Crippen LogP contribution in [0.5, 0.6) is 0 Å². The Balaban J connectivity index is 3.15. The predicted molar refractivity (Wildman–Crippen MR) is 90.3 cm³/mol. The minimum Gasteiger partial charge on any atom is -0.395 e. The number of hydrogen-bond acceptors (Lipinski definition) is 2.